The SMILES string of the molecule is COC(=O)C1CCCN(c2c(Cl)cc([N+](=O)[O-])cc2Cl)C1. The summed E-state index contributed by atoms with van der Waals surface area (Å²) >= 11 is 12.3. The van der Waals surface area contributed by atoms with Crippen LogP contribution in [0.25, 0.3) is 0 Å². The summed E-state index contributed by atoms with van der Waals surface area (Å²) in [5, 5.41) is 11.2. The molecule has 0 N–H and O–H groups in total. The van der Waals surface area contributed by atoms with E-state index in [2.05, 4.69) is 0 Å². The van der Waals surface area contributed by atoms with E-state index in [-0.39, 0.29) is 27.6 Å². The summed E-state index contributed by atoms with van der Waals surface area (Å²) in [6, 6.07) is 2.54. The summed E-state index contributed by atoms with van der Waals surface area (Å²) in [6.07, 6.45) is 1.54. The summed E-state index contributed by atoms with van der Waals surface area (Å²) in [6.45, 7) is 1.12. The monoisotopic (exact) mass is 332 g/mol. The molecule has 0 amide bonds. The molecule has 0 aromatic heterocycles. The zero-order chi connectivity index (χ0) is 15.6. The quantitative estimate of drug-likeness (QED) is 0.482. The number of hydrogen-bond donors (Lipinski definition) is 0. The second-order valence-corrected chi connectivity index (χ2v) is 5.64. The van der Waals surface area contributed by atoms with E-state index in [0.717, 1.165) is 12.8 Å². The smallest absolute Gasteiger partial charge is 0.310 e. The molecular formula is C13H14Cl2N2O4. The van der Waals surface area contributed by atoms with E-state index < -0.39 is 4.92 Å². The van der Waals surface area contributed by atoms with Crippen molar-refractivity contribution in [3.63, 3.8) is 0 Å². The molecule has 2 rings (SSSR count). The summed E-state index contributed by atoms with van der Waals surface area (Å²) in [7, 11) is 1.35. The lowest BCUT2D eigenvalue weighted by Crippen LogP contribution is -2.39. The number of piperidine rings is 1. The van der Waals surface area contributed by atoms with E-state index in [4.69, 9.17) is 27.9 Å². The number of nitro groups is 1. The summed E-state index contributed by atoms with van der Waals surface area (Å²) in [4.78, 5) is 23.8. The van der Waals surface area contributed by atoms with Gasteiger partial charge in [0.05, 0.1) is 33.7 Å². The van der Waals surface area contributed by atoms with Crippen molar-refractivity contribution in [1.29, 1.82) is 0 Å². The van der Waals surface area contributed by atoms with Gasteiger partial charge in [0.15, 0.2) is 0 Å². The average molecular weight is 333 g/mol. The van der Waals surface area contributed by atoms with Crippen LogP contribution in [0.15, 0.2) is 12.1 Å². The maximum Gasteiger partial charge on any atom is 0.310 e. The molecule has 1 aromatic rings. The third-order valence-corrected chi connectivity index (χ3v) is 4.06. The predicted octanol–water partition coefficient (Wildman–Crippen LogP) is 3.29. The van der Waals surface area contributed by atoms with Gasteiger partial charge in [-0.05, 0) is 12.8 Å². The first-order chi connectivity index (χ1) is 9.93. The van der Waals surface area contributed by atoms with Gasteiger partial charge >= 0.3 is 5.97 Å². The Hall–Kier alpha value is -1.53. The van der Waals surface area contributed by atoms with E-state index in [1.807, 2.05) is 4.90 Å². The fraction of sp³-hybridized carbons (Fsp3) is 0.462. The lowest BCUT2D eigenvalue weighted by molar-refractivity contribution is -0.384. The zero-order valence-corrected chi connectivity index (χ0v) is 12.9. The number of benzene rings is 1. The highest BCUT2D eigenvalue weighted by Crippen LogP contribution is 2.39. The lowest BCUT2D eigenvalue weighted by atomic mass is 9.97. The fourth-order valence-corrected chi connectivity index (χ4v) is 3.21. The van der Waals surface area contributed by atoms with Gasteiger partial charge in [0, 0.05) is 25.2 Å². The molecule has 1 fully saturated rings. The molecule has 6 nitrogen and oxygen atoms in total. The molecule has 1 atom stereocenters. The number of anilines is 1. The molecule has 0 saturated carbocycles. The minimum absolute atomic E-state index is 0.157. The minimum atomic E-state index is -0.547. The summed E-state index contributed by atoms with van der Waals surface area (Å²) in [5.41, 5.74) is 0.368. The number of non-ortho nitro benzene ring substituents is 1. The number of esters is 1. The van der Waals surface area contributed by atoms with Crippen molar-refractivity contribution in [1.82, 2.24) is 0 Å². The molecular weight excluding hydrogens is 319 g/mol. The average Bonchev–Trinajstić information content (AvgIpc) is 2.45. The molecule has 1 saturated heterocycles. The maximum atomic E-state index is 11.7. The molecule has 1 unspecified atom stereocenters. The highest BCUT2D eigenvalue weighted by atomic mass is 35.5. The van der Waals surface area contributed by atoms with Crippen LogP contribution in [0.4, 0.5) is 11.4 Å². The van der Waals surface area contributed by atoms with Crippen molar-refractivity contribution in [2.75, 3.05) is 25.1 Å². The van der Waals surface area contributed by atoms with Gasteiger partial charge in [-0.2, -0.15) is 0 Å². The second-order valence-electron chi connectivity index (χ2n) is 4.82. The predicted molar refractivity (Wildman–Crippen MR) is 80.1 cm³/mol. The van der Waals surface area contributed by atoms with Gasteiger partial charge in [0.25, 0.3) is 5.69 Å². The normalized spacial score (nSPS) is 18.4. The number of hydrogen-bond acceptors (Lipinski definition) is 5. The molecule has 1 aliphatic rings. The Morgan fingerprint density at radius 2 is 2.05 bits per heavy atom. The van der Waals surface area contributed by atoms with Crippen LogP contribution in [0.1, 0.15) is 12.8 Å². The molecule has 1 aliphatic heterocycles. The topological polar surface area (TPSA) is 72.7 Å². The highest BCUT2D eigenvalue weighted by molar-refractivity contribution is 6.39. The van der Waals surface area contributed by atoms with Gasteiger partial charge in [-0.15, -0.1) is 0 Å². The molecule has 8 heteroatoms. The number of nitro benzene ring substituents is 1. The Bertz CT molecular complexity index is 556. The molecule has 0 bridgehead atoms. The van der Waals surface area contributed by atoms with Crippen LogP contribution >= 0.6 is 23.2 Å². The molecule has 114 valence electrons. The van der Waals surface area contributed by atoms with Crippen LogP contribution in [-0.2, 0) is 9.53 Å². The highest BCUT2D eigenvalue weighted by Gasteiger charge is 2.29. The van der Waals surface area contributed by atoms with E-state index in [0.29, 0.717) is 18.8 Å². The Kier molecular flexibility index (Phi) is 4.90. The van der Waals surface area contributed by atoms with Gasteiger partial charge in [-0.25, -0.2) is 0 Å². The third kappa shape index (κ3) is 3.39. The van der Waals surface area contributed by atoms with Crippen LogP contribution in [-0.4, -0.2) is 31.1 Å². The first kappa shape index (κ1) is 15.9. The first-order valence-electron chi connectivity index (χ1n) is 6.40. The number of rotatable bonds is 3. The number of nitrogens with zero attached hydrogens (tertiary/aromatic N) is 2. The van der Waals surface area contributed by atoms with Crippen LogP contribution in [0.3, 0.4) is 0 Å². The van der Waals surface area contributed by atoms with Crippen LogP contribution in [0.2, 0.25) is 10.0 Å². The number of carbonyl (C=O) groups is 1. The Morgan fingerprint density at radius 1 is 1.43 bits per heavy atom. The first-order valence-corrected chi connectivity index (χ1v) is 7.16. The van der Waals surface area contributed by atoms with Crippen molar-refractivity contribution in [2.45, 2.75) is 12.8 Å². The van der Waals surface area contributed by atoms with E-state index >= 15 is 0 Å². The second kappa shape index (κ2) is 6.49. The van der Waals surface area contributed by atoms with Crippen molar-refractivity contribution in [3.05, 3.63) is 32.3 Å². The zero-order valence-electron chi connectivity index (χ0n) is 11.3. The Balaban J connectivity index is 2.29. The molecule has 21 heavy (non-hydrogen) atoms. The molecule has 0 spiro atoms. The maximum absolute atomic E-state index is 11.7. The van der Waals surface area contributed by atoms with Gasteiger partial charge in [-0.3, -0.25) is 14.9 Å². The van der Waals surface area contributed by atoms with Crippen molar-refractivity contribution in [2.24, 2.45) is 5.92 Å². The summed E-state index contributed by atoms with van der Waals surface area (Å²) in [5.74, 6) is -0.514. The van der Waals surface area contributed by atoms with Crippen LogP contribution in [0.5, 0.6) is 0 Å². The van der Waals surface area contributed by atoms with Gasteiger partial charge in [-0.1, -0.05) is 23.2 Å². The number of carbonyl (C=O) groups excluding carboxylic acids is 1. The van der Waals surface area contributed by atoms with Gasteiger partial charge in [0.1, 0.15) is 0 Å². The van der Waals surface area contributed by atoms with Crippen molar-refractivity contribution in [3.8, 4) is 0 Å². The van der Waals surface area contributed by atoms with E-state index in [1.165, 1.54) is 19.2 Å². The van der Waals surface area contributed by atoms with Gasteiger partial charge < -0.3 is 9.64 Å². The third-order valence-electron chi connectivity index (χ3n) is 3.48. The number of methoxy groups -OCH3 is 1. The Morgan fingerprint density at radius 3 is 2.57 bits per heavy atom. The lowest BCUT2D eigenvalue weighted by Gasteiger charge is -2.34. The molecule has 1 heterocycles. The fourth-order valence-electron chi connectivity index (χ4n) is 2.50. The standard InChI is InChI=1S/C13H14Cl2N2O4/c1-21-13(18)8-3-2-4-16(7-8)12-10(14)5-9(17(19)20)6-11(12)15/h5-6,8H,2-4,7H2,1H3. The van der Waals surface area contributed by atoms with Crippen LogP contribution < -0.4 is 4.90 Å². The molecule has 0 aliphatic carbocycles. The number of halogens is 2. The van der Waals surface area contributed by atoms with E-state index in [1.54, 1.807) is 0 Å². The van der Waals surface area contributed by atoms with Crippen LogP contribution in [0, 0.1) is 16.0 Å². The Labute approximate surface area is 131 Å². The van der Waals surface area contributed by atoms with Crippen molar-refractivity contribution < 1.29 is 14.5 Å². The largest absolute Gasteiger partial charge is 0.469 e. The number of ether oxygens (including phenoxy) is 1. The van der Waals surface area contributed by atoms with Gasteiger partial charge in [0.2, 0.25) is 0 Å². The van der Waals surface area contributed by atoms with Crippen molar-refractivity contribution >= 4 is 40.5 Å². The molecule has 0 radical (unpaired) electrons. The van der Waals surface area contributed by atoms with E-state index in [9.17, 15) is 14.9 Å². The summed E-state index contributed by atoms with van der Waals surface area (Å²) < 4.78 is 4.76. The molecule has 1 aromatic carbocycles. The minimum Gasteiger partial charge on any atom is -0.469 e.